The largest absolute Gasteiger partial charge is 0.340 e. The van der Waals surface area contributed by atoms with Crippen LogP contribution in [0.1, 0.15) is 33.1 Å². The molecule has 0 N–H and O–H groups in total. The van der Waals surface area contributed by atoms with Crippen LogP contribution in [0.2, 0.25) is 0 Å². The Morgan fingerprint density at radius 3 is 2.73 bits per heavy atom. The van der Waals surface area contributed by atoms with E-state index in [2.05, 4.69) is 13.8 Å². The van der Waals surface area contributed by atoms with Crippen LogP contribution in [0.4, 0.5) is 0 Å². The molecular formula is C11H20ClNOS. The van der Waals surface area contributed by atoms with Crippen LogP contribution in [0.15, 0.2) is 0 Å². The van der Waals surface area contributed by atoms with E-state index >= 15 is 0 Å². The van der Waals surface area contributed by atoms with E-state index in [1.165, 1.54) is 0 Å². The third-order valence-corrected chi connectivity index (χ3v) is 4.48. The maximum absolute atomic E-state index is 12.3. The minimum Gasteiger partial charge on any atom is -0.340 e. The van der Waals surface area contributed by atoms with Crippen LogP contribution in [0, 0.1) is 0 Å². The lowest BCUT2D eigenvalue weighted by Crippen LogP contribution is -2.45. The summed E-state index contributed by atoms with van der Waals surface area (Å²) in [6.45, 7) is 5.69. The fraction of sp³-hybridized carbons (Fsp3) is 0.909. The molecule has 1 aliphatic heterocycles. The van der Waals surface area contributed by atoms with E-state index in [0.29, 0.717) is 12.4 Å². The summed E-state index contributed by atoms with van der Waals surface area (Å²) in [5, 5.41) is 0. The molecule has 88 valence electrons. The summed E-state index contributed by atoms with van der Waals surface area (Å²) < 4.78 is -0.179. The predicted octanol–water partition coefficient (Wildman–Crippen LogP) is 2.75. The first-order chi connectivity index (χ1) is 7.14. The van der Waals surface area contributed by atoms with Crippen molar-refractivity contribution in [2.24, 2.45) is 0 Å². The molecule has 0 spiro atoms. The average molecular weight is 250 g/mol. The van der Waals surface area contributed by atoms with E-state index in [-0.39, 0.29) is 10.7 Å². The number of alkyl halides is 1. The Kier molecular flexibility index (Phi) is 5.27. The molecule has 0 aliphatic carbocycles. The number of carbonyl (C=O) groups excluding carboxylic acids is 1. The number of nitrogens with zero attached hydrogens (tertiary/aromatic N) is 1. The molecule has 1 amide bonds. The van der Waals surface area contributed by atoms with Crippen molar-refractivity contribution in [3.63, 3.8) is 0 Å². The van der Waals surface area contributed by atoms with Crippen molar-refractivity contribution < 1.29 is 4.79 Å². The monoisotopic (exact) mass is 249 g/mol. The summed E-state index contributed by atoms with van der Waals surface area (Å²) in [5.74, 6) is 1.93. The van der Waals surface area contributed by atoms with Crippen LogP contribution < -0.4 is 0 Å². The van der Waals surface area contributed by atoms with Gasteiger partial charge < -0.3 is 4.90 Å². The molecule has 1 unspecified atom stereocenters. The molecule has 1 atom stereocenters. The number of rotatable bonds is 5. The van der Waals surface area contributed by atoms with Crippen LogP contribution in [-0.4, -0.2) is 40.3 Å². The molecule has 2 nitrogen and oxygen atoms in total. The SMILES string of the molecule is CCCN(CCCl)C(=O)C1(C)CCCS1. The van der Waals surface area contributed by atoms with E-state index in [1.54, 1.807) is 11.8 Å². The lowest BCUT2D eigenvalue weighted by atomic mass is 10.0. The Morgan fingerprint density at radius 1 is 1.53 bits per heavy atom. The highest BCUT2D eigenvalue weighted by Crippen LogP contribution is 2.39. The first kappa shape index (κ1) is 13.2. The second-order valence-corrected chi connectivity index (χ2v) is 6.14. The Morgan fingerprint density at radius 2 is 2.27 bits per heavy atom. The number of hydrogen-bond donors (Lipinski definition) is 0. The van der Waals surface area contributed by atoms with Gasteiger partial charge in [-0.25, -0.2) is 0 Å². The highest BCUT2D eigenvalue weighted by Gasteiger charge is 2.39. The number of carbonyl (C=O) groups is 1. The minimum absolute atomic E-state index is 0.179. The molecule has 0 aromatic carbocycles. The zero-order valence-corrected chi connectivity index (χ0v) is 11.2. The maximum Gasteiger partial charge on any atom is 0.238 e. The van der Waals surface area contributed by atoms with Crippen molar-refractivity contribution in [2.75, 3.05) is 24.7 Å². The highest BCUT2D eigenvalue weighted by molar-refractivity contribution is 8.01. The molecule has 0 aromatic heterocycles. The molecule has 1 heterocycles. The molecule has 4 heteroatoms. The van der Waals surface area contributed by atoms with Crippen molar-refractivity contribution >= 4 is 29.3 Å². The third kappa shape index (κ3) is 3.28. The van der Waals surface area contributed by atoms with Crippen molar-refractivity contribution in [3.05, 3.63) is 0 Å². The lowest BCUT2D eigenvalue weighted by Gasteiger charge is -2.30. The van der Waals surface area contributed by atoms with Crippen molar-refractivity contribution in [2.45, 2.75) is 37.9 Å². The molecule has 0 saturated carbocycles. The number of thioether (sulfide) groups is 1. The Bertz CT molecular complexity index is 211. The third-order valence-electron chi connectivity index (χ3n) is 2.81. The van der Waals surface area contributed by atoms with Gasteiger partial charge in [0.05, 0.1) is 4.75 Å². The van der Waals surface area contributed by atoms with E-state index in [1.807, 2.05) is 4.90 Å². The smallest absolute Gasteiger partial charge is 0.238 e. The standard InChI is InChI=1S/C11H20ClNOS/c1-3-7-13(8-6-12)10(14)11(2)5-4-9-15-11/h3-9H2,1-2H3. The Labute approximate surface area is 102 Å². The molecule has 15 heavy (non-hydrogen) atoms. The molecule has 0 radical (unpaired) electrons. The summed E-state index contributed by atoms with van der Waals surface area (Å²) in [4.78, 5) is 14.2. The summed E-state index contributed by atoms with van der Waals surface area (Å²) in [7, 11) is 0. The van der Waals surface area contributed by atoms with Gasteiger partial charge in [0.1, 0.15) is 0 Å². The van der Waals surface area contributed by atoms with Gasteiger partial charge in [0.2, 0.25) is 5.91 Å². The van der Waals surface area contributed by atoms with E-state index < -0.39 is 0 Å². The zero-order chi connectivity index (χ0) is 11.3. The maximum atomic E-state index is 12.3. The normalized spacial score (nSPS) is 25.5. The molecule has 1 rings (SSSR count). The van der Waals surface area contributed by atoms with E-state index in [0.717, 1.165) is 31.6 Å². The highest BCUT2D eigenvalue weighted by atomic mass is 35.5. The molecule has 0 bridgehead atoms. The second kappa shape index (κ2) is 6.00. The average Bonchev–Trinajstić information content (AvgIpc) is 2.65. The van der Waals surface area contributed by atoms with Crippen LogP contribution in [0.5, 0.6) is 0 Å². The van der Waals surface area contributed by atoms with E-state index in [4.69, 9.17) is 11.6 Å². The molecular weight excluding hydrogens is 230 g/mol. The van der Waals surface area contributed by atoms with Crippen LogP contribution in [0.25, 0.3) is 0 Å². The summed E-state index contributed by atoms with van der Waals surface area (Å²) >= 11 is 7.53. The lowest BCUT2D eigenvalue weighted by molar-refractivity contribution is -0.133. The first-order valence-electron chi connectivity index (χ1n) is 5.63. The fourth-order valence-corrected chi connectivity index (χ4v) is 3.45. The summed E-state index contributed by atoms with van der Waals surface area (Å²) in [5.41, 5.74) is 0. The van der Waals surface area contributed by atoms with Gasteiger partial charge in [0.15, 0.2) is 0 Å². The Hall–Kier alpha value is 0.110. The Balaban J connectivity index is 2.61. The van der Waals surface area contributed by atoms with Crippen LogP contribution in [0.3, 0.4) is 0 Å². The van der Waals surface area contributed by atoms with Crippen LogP contribution in [-0.2, 0) is 4.79 Å². The van der Waals surface area contributed by atoms with Crippen LogP contribution >= 0.6 is 23.4 Å². The first-order valence-corrected chi connectivity index (χ1v) is 7.15. The van der Waals surface area contributed by atoms with Gasteiger partial charge in [-0.2, -0.15) is 0 Å². The molecule has 1 aliphatic rings. The predicted molar refractivity (Wildman–Crippen MR) is 67.7 cm³/mol. The van der Waals surface area contributed by atoms with Crippen molar-refractivity contribution in [1.82, 2.24) is 4.90 Å². The topological polar surface area (TPSA) is 20.3 Å². The van der Waals surface area contributed by atoms with Gasteiger partial charge in [0, 0.05) is 19.0 Å². The number of halogens is 1. The van der Waals surface area contributed by atoms with Gasteiger partial charge in [-0.15, -0.1) is 23.4 Å². The van der Waals surface area contributed by atoms with Gasteiger partial charge in [-0.1, -0.05) is 6.92 Å². The quantitative estimate of drug-likeness (QED) is 0.699. The molecule has 1 saturated heterocycles. The number of hydrogen-bond acceptors (Lipinski definition) is 2. The zero-order valence-electron chi connectivity index (χ0n) is 9.59. The molecule has 0 aromatic rings. The van der Waals surface area contributed by atoms with Gasteiger partial charge in [0.25, 0.3) is 0 Å². The summed E-state index contributed by atoms with van der Waals surface area (Å²) in [6, 6.07) is 0. The summed E-state index contributed by atoms with van der Waals surface area (Å²) in [6.07, 6.45) is 3.18. The van der Waals surface area contributed by atoms with E-state index in [9.17, 15) is 4.79 Å². The fourth-order valence-electron chi connectivity index (χ4n) is 1.97. The second-order valence-electron chi connectivity index (χ2n) is 4.16. The number of amides is 1. The van der Waals surface area contributed by atoms with Gasteiger partial charge in [-0.3, -0.25) is 4.79 Å². The van der Waals surface area contributed by atoms with Crippen molar-refractivity contribution in [3.8, 4) is 0 Å². The minimum atomic E-state index is -0.179. The van der Waals surface area contributed by atoms with Crippen molar-refractivity contribution in [1.29, 1.82) is 0 Å². The van der Waals surface area contributed by atoms with Gasteiger partial charge >= 0.3 is 0 Å². The molecule has 1 fully saturated rings. The van der Waals surface area contributed by atoms with Gasteiger partial charge in [-0.05, 0) is 31.9 Å².